The highest BCUT2D eigenvalue weighted by Gasteiger charge is 2.17. The number of carbonyl (C=O) groups is 1. The molecule has 0 saturated heterocycles. The highest BCUT2D eigenvalue weighted by molar-refractivity contribution is 5.96. The van der Waals surface area contributed by atoms with Gasteiger partial charge in [0.2, 0.25) is 5.88 Å². The van der Waals surface area contributed by atoms with Crippen molar-refractivity contribution in [2.75, 3.05) is 20.3 Å². The topological polar surface area (TPSA) is 60.5 Å². The number of hydrogen-bond donors (Lipinski definition) is 1. The molecule has 140 valence electrons. The summed E-state index contributed by atoms with van der Waals surface area (Å²) in [5.74, 6) is 0.432. The van der Waals surface area contributed by atoms with E-state index in [2.05, 4.69) is 10.3 Å². The van der Waals surface area contributed by atoms with Crippen molar-refractivity contribution in [1.82, 2.24) is 10.3 Å². The van der Waals surface area contributed by atoms with E-state index in [0.29, 0.717) is 24.7 Å². The average Bonchev–Trinajstić information content (AvgIpc) is 2.67. The molecule has 1 aromatic heterocycles. The molecule has 0 aliphatic heterocycles. The lowest BCUT2D eigenvalue weighted by atomic mass is 10.0. The van der Waals surface area contributed by atoms with Gasteiger partial charge in [-0.1, -0.05) is 36.4 Å². The Balaban J connectivity index is 1.89. The van der Waals surface area contributed by atoms with Gasteiger partial charge in [-0.25, -0.2) is 4.98 Å². The van der Waals surface area contributed by atoms with E-state index in [9.17, 15) is 4.79 Å². The van der Waals surface area contributed by atoms with Crippen LogP contribution in [0.2, 0.25) is 0 Å². The van der Waals surface area contributed by atoms with Crippen LogP contribution < -0.4 is 10.1 Å². The first-order chi connectivity index (χ1) is 13.1. The molecule has 27 heavy (non-hydrogen) atoms. The molecule has 1 unspecified atom stereocenters. The van der Waals surface area contributed by atoms with E-state index in [1.54, 1.807) is 7.11 Å². The number of amides is 1. The van der Waals surface area contributed by atoms with E-state index in [1.807, 2.05) is 68.4 Å². The Morgan fingerprint density at radius 1 is 1.11 bits per heavy atom. The smallest absolute Gasteiger partial charge is 0.252 e. The van der Waals surface area contributed by atoms with Crippen molar-refractivity contribution in [2.45, 2.75) is 19.9 Å². The lowest BCUT2D eigenvalue weighted by Crippen LogP contribution is -2.27. The van der Waals surface area contributed by atoms with E-state index in [1.165, 1.54) is 0 Å². The minimum Gasteiger partial charge on any atom is -0.475 e. The van der Waals surface area contributed by atoms with Crippen LogP contribution in [-0.2, 0) is 4.74 Å². The van der Waals surface area contributed by atoms with E-state index >= 15 is 0 Å². The number of ether oxygens (including phenoxy) is 2. The van der Waals surface area contributed by atoms with Crippen molar-refractivity contribution in [1.29, 1.82) is 0 Å². The molecule has 0 aliphatic rings. The van der Waals surface area contributed by atoms with Gasteiger partial charge in [0.05, 0.1) is 18.2 Å². The number of benzene rings is 2. The number of hydrogen-bond acceptors (Lipinski definition) is 4. The number of pyridine rings is 1. The maximum atomic E-state index is 12.7. The highest BCUT2D eigenvalue weighted by atomic mass is 16.5. The van der Waals surface area contributed by atoms with Gasteiger partial charge < -0.3 is 14.8 Å². The summed E-state index contributed by atoms with van der Waals surface area (Å²) in [5, 5.41) is 4.09. The van der Waals surface area contributed by atoms with Gasteiger partial charge in [0.1, 0.15) is 6.61 Å². The van der Waals surface area contributed by atoms with Crippen LogP contribution in [0.4, 0.5) is 0 Å². The number of aromatic nitrogens is 1. The van der Waals surface area contributed by atoms with Crippen LogP contribution in [0, 0.1) is 6.92 Å². The number of aryl methyl sites for hydroxylation is 1. The van der Waals surface area contributed by atoms with Gasteiger partial charge in [-0.2, -0.15) is 0 Å². The fraction of sp³-hybridized carbons (Fsp3) is 0.273. The SMILES string of the molecule is COCCOc1cc(C(C)NC(=O)c2ccccc2C)c2ccccc2n1. The molecule has 3 rings (SSSR count). The first-order valence-electron chi connectivity index (χ1n) is 8.98. The first kappa shape index (κ1) is 18.9. The monoisotopic (exact) mass is 364 g/mol. The third kappa shape index (κ3) is 4.44. The molecule has 2 aromatic carbocycles. The molecule has 5 nitrogen and oxygen atoms in total. The van der Waals surface area contributed by atoms with Gasteiger partial charge in [0.25, 0.3) is 5.91 Å². The summed E-state index contributed by atoms with van der Waals surface area (Å²) in [6.07, 6.45) is 0. The molecule has 1 heterocycles. The number of nitrogens with one attached hydrogen (secondary N) is 1. The number of nitrogens with zero attached hydrogens (tertiary/aromatic N) is 1. The number of para-hydroxylation sites is 1. The molecule has 0 saturated carbocycles. The summed E-state index contributed by atoms with van der Waals surface area (Å²) < 4.78 is 10.7. The van der Waals surface area contributed by atoms with Crippen molar-refractivity contribution < 1.29 is 14.3 Å². The number of rotatable bonds is 7. The molecule has 1 atom stereocenters. The largest absolute Gasteiger partial charge is 0.475 e. The van der Waals surface area contributed by atoms with Gasteiger partial charge in [-0.15, -0.1) is 0 Å². The van der Waals surface area contributed by atoms with Crippen molar-refractivity contribution in [3.63, 3.8) is 0 Å². The Hall–Kier alpha value is -2.92. The first-order valence-corrected chi connectivity index (χ1v) is 8.98. The lowest BCUT2D eigenvalue weighted by molar-refractivity contribution is 0.0939. The highest BCUT2D eigenvalue weighted by Crippen LogP contribution is 2.27. The van der Waals surface area contributed by atoms with Crippen LogP contribution in [0.25, 0.3) is 10.9 Å². The Labute approximate surface area is 159 Å². The van der Waals surface area contributed by atoms with Crippen molar-refractivity contribution in [3.8, 4) is 5.88 Å². The predicted molar refractivity (Wildman–Crippen MR) is 106 cm³/mol. The minimum atomic E-state index is -0.199. The quantitative estimate of drug-likeness (QED) is 0.642. The van der Waals surface area contributed by atoms with Crippen LogP contribution in [0.3, 0.4) is 0 Å². The van der Waals surface area contributed by atoms with E-state index < -0.39 is 0 Å². The molecular weight excluding hydrogens is 340 g/mol. The zero-order chi connectivity index (χ0) is 19.2. The maximum Gasteiger partial charge on any atom is 0.252 e. The molecule has 1 N–H and O–H groups in total. The second kappa shape index (κ2) is 8.64. The van der Waals surface area contributed by atoms with Crippen LogP contribution >= 0.6 is 0 Å². The van der Waals surface area contributed by atoms with E-state index in [4.69, 9.17) is 9.47 Å². The molecule has 0 aliphatic carbocycles. The number of fused-ring (bicyclic) bond motifs is 1. The number of methoxy groups -OCH3 is 1. The van der Waals surface area contributed by atoms with Crippen LogP contribution in [0.1, 0.15) is 34.5 Å². The van der Waals surface area contributed by atoms with Gasteiger partial charge >= 0.3 is 0 Å². The third-order valence-electron chi connectivity index (χ3n) is 4.47. The summed E-state index contributed by atoms with van der Waals surface area (Å²) in [6.45, 7) is 4.81. The molecule has 0 fully saturated rings. The fourth-order valence-electron chi connectivity index (χ4n) is 3.02. The van der Waals surface area contributed by atoms with Gasteiger partial charge in [0.15, 0.2) is 0 Å². The molecule has 0 bridgehead atoms. The Morgan fingerprint density at radius 3 is 2.63 bits per heavy atom. The predicted octanol–water partition coefficient (Wildman–Crippen LogP) is 4.06. The molecule has 3 aromatic rings. The molecule has 0 spiro atoms. The zero-order valence-electron chi connectivity index (χ0n) is 15.9. The summed E-state index contributed by atoms with van der Waals surface area (Å²) in [4.78, 5) is 17.3. The maximum absolute atomic E-state index is 12.7. The Kier molecular flexibility index (Phi) is 6.04. The Morgan fingerprint density at radius 2 is 1.85 bits per heavy atom. The summed E-state index contributed by atoms with van der Waals surface area (Å²) in [5.41, 5.74) is 3.43. The molecular formula is C22H24N2O3. The Bertz CT molecular complexity index is 940. The molecule has 5 heteroatoms. The minimum absolute atomic E-state index is 0.0941. The van der Waals surface area contributed by atoms with Gasteiger partial charge in [0, 0.05) is 24.1 Å². The van der Waals surface area contributed by atoms with E-state index in [0.717, 1.165) is 22.0 Å². The van der Waals surface area contributed by atoms with Gasteiger partial charge in [-0.3, -0.25) is 4.79 Å². The third-order valence-corrected chi connectivity index (χ3v) is 4.47. The second-order valence-corrected chi connectivity index (χ2v) is 6.42. The van der Waals surface area contributed by atoms with Crippen molar-refractivity contribution >= 4 is 16.8 Å². The second-order valence-electron chi connectivity index (χ2n) is 6.42. The standard InChI is InChI=1S/C22H24N2O3/c1-15-8-4-5-9-17(15)22(25)23-16(2)19-14-21(27-13-12-26-3)24-20-11-7-6-10-18(19)20/h4-11,14,16H,12-13H2,1-3H3,(H,23,25). The van der Waals surface area contributed by atoms with Crippen molar-refractivity contribution in [2.24, 2.45) is 0 Å². The zero-order valence-corrected chi connectivity index (χ0v) is 15.9. The van der Waals surface area contributed by atoms with Crippen LogP contribution in [0.15, 0.2) is 54.6 Å². The summed E-state index contributed by atoms with van der Waals surface area (Å²) in [6, 6.07) is 17.1. The lowest BCUT2D eigenvalue weighted by Gasteiger charge is -2.18. The molecule has 0 radical (unpaired) electrons. The van der Waals surface area contributed by atoms with Crippen LogP contribution in [0.5, 0.6) is 5.88 Å². The van der Waals surface area contributed by atoms with E-state index in [-0.39, 0.29) is 11.9 Å². The summed E-state index contributed by atoms with van der Waals surface area (Å²) >= 11 is 0. The normalized spacial score (nSPS) is 12.0. The van der Waals surface area contributed by atoms with Crippen molar-refractivity contribution in [3.05, 3.63) is 71.3 Å². The number of carbonyl (C=O) groups excluding carboxylic acids is 1. The van der Waals surface area contributed by atoms with Crippen LogP contribution in [-0.4, -0.2) is 31.2 Å². The summed E-state index contributed by atoms with van der Waals surface area (Å²) in [7, 11) is 1.63. The molecule has 1 amide bonds. The average molecular weight is 364 g/mol. The van der Waals surface area contributed by atoms with Gasteiger partial charge in [-0.05, 0) is 37.1 Å². The fourth-order valence-corrected chi connectivity index (χ4v) is 3.02.